The summed E-state index contributed by atoms with van der Waals surface area (Å²) in [6.07, 6.45) is 1.41. The van der Waals surface area contributed by atoms with Gasteiger partial charge in [0, 0.05) is 12.0 Å². The Labute approximate surface area is 164 Å². The third-order valence-corrected chi connectivity index (χ3v) is 4.80. The molecule has 0 unspecified atom stereocenters. The predicted molar refractivity (Wildman–Crippen MR) is 106 cm³/mol. The lowest BCUT2D eigenvalue weighted by Gasteiger charge is -2.08. The first-order valence-electron chi connectivity index (χ1n) is 8.55. The first kappa shape index (κ1) is 21.3. The molecule has 148 valence electrons. The molecule has 2 aromatic rings. The molecule has 0 fully saturated rings. The molecule has 0 aromatic heterocycles. The van der Waals surface area contributed by atoms with Crippen molar-refractivity contribution in [2.75, 3.05) is 13.2 Å². The average molecular weight is 402 g/mol. The molecule has 0 saturated carbocycles. The SMILES string of the molecule is Cc1ccccc1CNC(=O)COC(=O)CNS(=O)(=O)/C=C/c1ccccc1. The van der Waals surface area contributed by atoms with Gasteiger partial charge in [0.2, 0.25) is 10.0 Å². The highest BCUT2D eigenvalue weighted by Crippen LogP contribution is 2.06. The van der Waals surface area contributed by atoms with E-state index in [1.165, 1.54) is 6.08 Å². The van der Waals surface area contributed by atoms with Crippen molar-refractivity contribution in [3.05, 3.63) is 76.7 Å². The number of hydrogen-bond donors (Lipinski definition) is 2. The van der Waals surface area contributed by atoms with Crippen LogP contribution in [0.25, 0.3) is 6.08 Å². The van der Waals surface area contributed by atoms with Crippen molar-refractivity contribution in [1.82, 2.24) is 10.0 Å². The van der Waals surface area contributed by atoms with E-state index in [0.29, 0.717) is 12.1 Å². The van der Waals surface area contributed by atoms with Gasteiger partial charge in [-0.05, 0) is 29.7 Å². The van der Waals surface area contributed by atoms with Crippen LogP contribution >= 0.6 is 0 Å². The third kappa shape index (κ3) is 7.73. The lowest BCUT2D eigenvalue weighted by molar-refractivity contribution is -0.147. The van der Waals surface area contributed by atoms with E-state index >= 15 is 0 Å². The van der Waals surface area contributed by atoms with Gasteiger partial charge in [-0.25, -0.2) is 13.1 Å². The molecule has 2 N–H and O–H groups in total. The Bertz CT molecular complexity index is 940. The number of ether oxygens (including phenoxy) is 1. The van der Waals surface area contributed by atoms with Crippen molar-refractivity contribution >= 4 is 28.0 Å². The van der Waals surface area contributed by atoms with E-state index in [1.807, 2.05) is 37.3 Å². The average Bonchev–Trinajstić information content (AvgIpc) is 2.69. The van der Waals surface area contributed by atoms with Crippen LogP contribution in [0, 0.1) is 6.92 Å². The van der Waals surface area contributed by atoms with E-state index in [2.05, 4.69) is 10.0 Å². The predicted octanol–water partition coefficient (Wildman–Crippen LogP) is 1.74. The van der Waals surface area contributed by atoms with E-state index in [0.717, 1.165) is 16.5 Å². The minimum Gasteiger partial charge on any atom is -0.455 e. The molecule has 0 radical (unpaired) electrons. The second-order valence-electron chi connectivity index (χ2n) is 5.94. The highest BCUT2D eigenvalue weighted by molar-refractivity contribution is 7.92. The first-order chi connectivity index (χ1) is 13.4. The zero-order valence-corrected chi connectivity index (χ0v) is 16.2. The van der Waals surface area contributed by atoms with Crippen LogP contribution in [0.4, 0.5) is 0 Å². The van der Waals surface area contributed by atoms with Crippen LogP contribution in [-0.2, 0) is 30.9 Å². The second kappa shape index (κ2) is 10.4. The topological polar surface area (TPSA) is 102 Å². The number of esters is 1. The summed E-state index contributed by atoms with van der Waals surface area (Å²) in [6.45, 7) is 1.21. The van der Waals surface area contributed by atoms with Crippen LogP contribution in [0.15, 0.2) is 60.0 Å². The van der Waals surface area contributed by atoms with Crippen LogP contribution in [0.2, 0.25) is 0 Å². The van der Waals surface area contributed by atoms with Gasteiger partial charge in [0.1, 0.15) is 6.54 Å². The van der Waals surface area contributed by atoms with Gasteiger partial charge in [-0.3, -0.25) is 9.59 Å². The van der Waals surface area contributed by atoms with Gasteiger partial charge >= 0.3 is 5.97 Å². The number of amides is 1. The highest BCUT2D eigenvalue weighted by atomic mass is 32.2. The molecule has 0 atom stereocenters. The summed E-state index contributed by atoms with van der Waals surface area (Å²) in [5.74, 6) is -1.31. The molecule has 0 bridgehead atoms. The van der Waals surface area contributed by atoms with Crippen LogP contribution in [0.5, 0.6) is 0 Å². The maximum absolute atomic E-state index is 11.9. The van der Waals surface area contributed by atoms with Gasteiger partial charge in [-0.2, -0.15) is 0 Å². The minimum atomic E-state index is -3.80. The molecule has 2 rings (SSSR count). The molecule has 0 aliphatic heterocycles. The number of rotatable bonds is 9. The monoisotopic (exact) mass is 402 g/mol. The third-order valence-electron chi connectivity index (χ3n) is 3.76. The second-order valence-corrected chi connectivity index (χ2v) is 7.59. The van der Waals surface area contributed by atoms with Gasteiger partial charge < -0.3 is 10.1 Å². The number of hydrogen-bond acceptors (Lipinski definition) is 5. The van der Waals surface area contributed by atoms with Crippen molar-refractivity contribution in [2.45, 2.75) is 13.5 Å². The van der Waals surface area contributed by atoms with E-state index in [9.17, 15) is 18.0 Å². The maximum atomic E-state index is 11.9. The number of nitrogens with one attached hydrogen (secondary N) is 2. The molecule has 0 saturated heterocycles. The molecule has 0 aliphatic carbocycles. The summed E-state index contributed by atoms with van der Waals surface area (Å²) in [5, 5.41) is 3.60. The summed E-state index contributed by atoms with van der Waals surface area (Å²) in [5.41, 5.74) is 2.71. The van der Waals surface area contributed by atoms with E-state index < -0.39 is 35.1 Å². The quantitative estimate of drug-likeness (QED) is 0.622. The Morgan fingerprint density at radius 2 is 1.71 bits per heavy atom. The summed E-state index contributed by atoms with van der Waals surface area (Å²) >= 11 is 0. The van der Waals surface area contributed by atoms with E-state index in [1.54, 1.807) is 24.3 Å². The molecule has 1 amide bonds. The van der Waals surface area contributed by atoms with E-state index in [-0.39, 0.29) is 0 Å². The van der Waals surface area contributed by atoms with Crippen molar-refractivity contribution in [3.63, 3.8) is 0 Å². The molecule has 2 aromatic carbocycles. The first-order valence-corrected chi connectivity index (χ1v) is 10.1. The number of aryl methyl sites for hydroxylation is 1. The zero-order valence-electron chi connectivity index (χ0n) is 15.4. The molecular weight excluding hydrogens is 380 g/mol. The molecule has 8 heteroatoms. The fourth-order valence-electron chi connectivity index (χ4n) is 2.19. The number of carbonyl (C=O) groups is 2. The Kier molecular flexibility index (Phi) is 7.91. The fraction of sp³-hybridized carbons (Fsp3) is 0.200. The minimum absolute atomic E-state index is 0.319. The molecule has 0 heterocycles. The maximum Gasteiger partial charge on any atom is 0.321 e. The van der Waals surface area contributed by atoms with Gasteiger partial charge in [0.05, 0.1) is 0 Å². The smallest absolute Gasteiger partial charge is 0.321 e. The van der Waals surface area contributed by atoms with E-state index in [4.69, 9.17) is 4.74 Å². The largest absolute Gasteiger partial charge is 0.455 e. The Balaban J connectivity index is 1.71. The lowest BCUT2D eigenvalue weighted by atomic mass is 10.1. The van der Waals surface area contributed by atoms with Crippen molar-refractivity contribution < 1.29 is 22.7 Å². The van der Waals surface area contributed by atoms with Crippen LogP contribution in [0.3, 0.4) is 0 Å². The van der Waals surface area contributed by atoms with Crippen molar-refractivity contribution in [1.29, 1.82) is 0 Å². The zero-order chi connectivity index (χ0) is 20.4. The summed E-state index contributed by atoms with van der Waals surface area (Å²) in [4.78, 5) is 23.4. The van der Waals surface area contributed by atoms with Gasteiger partial charge in [-0.15, -0.1) is 0 Å². The normalized spacial score (nSPS) is 11.3. The number of carbonyl (C=O) groups excluding carboxylic acids is 2. The summed E-state index contributed by atoms with van der Waals surface area (Å²) < 4.78 is 30.6. The molecule has 7 nitrogen and oxygen atoms in total. The van der Waals surface area contributed by atoms with Crippen LogP contribution < -0.4 is 10.0 Å². The van der Waals surface area contributed by atoms with Gasteiger partial charge in [0.15, 0.2) is 6.61 Å². The van der Waals surface area contributed by atoms with Crippen molar-refractivity contribution in [3.8, 4) is 0 Å². The molecule has 28 heavy (non-hydrogen) atoms. The Hall–Kier alpha value is -2.97. The molecule has 0 spiro atoms. The number of sulfonamides is 1. The highest BCUT2D eigenvalue weighted by Gasteiger charge is 2.12. The van der Waals surface area contributed by atoms with Crippen LogP contribution in [0.1, 0.15) is 16.7 Å². The summed E-state index contributed by atoms with van der Waals surface area (Å²) in [7, 11) is -3.80. The molecule has 0 aliphatic rings. The molecular formula is C20H22N2O5S. The van der Waals surface area contributed by atoms with Crippen LogP contribution in [-0.4, -0.2) is 33.4 Å². The summed E-state index contributed by atoms with van der Waals surface area (Å²) in [6, 6.07) is 16.5. The number of benzene rings is 2. The van der Waals surface area contributed by atoms with Gasteiger partial charge in [-0.1, -0.05) is 54.6 Å². The standard InChI is InChI=1S/C20H22N2O5S/c1-16-7-5-6-10-18(16)13-21-19(23)15-27-20(24)14-22-28(25,26)12-11-17-8-3-2-4-9-17/h2-12,22H,13-15H2,1H3,(H,21,23)/b12-11+. The Morgan fingerprint density at radius 3 is 2.43 bits per heavy atom. The van der Waals surface area contributed by atoms with Gasteiger partial charge in [0.25, 0.3) is 5.91 Å². The Morgan fingerprint density at radius 1 is 1.04 bits per heavy atom. The fourth-order valence-corrected chi connectivity index (χ4v) is 2.94. The van der Waals surface area contributed by atoms with Crippen molar-refractivity contribution in [2.24, 2.45) is 0 Å². The lowest BCUT2D eigenvalue weighted by Crippen LogP contribution is -2.33.